The number of para-hydroxylation sites is 1. The van der Waals surface area contributed by atoms with E-state index < -0.39 is 5.25 Å². The van der Waals surface area contributed by atoms with Crippen molar-refractivity contribution in [1.29, 1.82) is 0 Å². The molecule has 0 spiro atoms. The van der Waals surface area contributed by atoms with E-state index in [4.69, 9.17) is 0 Å². The van der Waals surface area contributed by atoms with E-state index in [1.54, 1.807) is 6.07 Å². The lowest BCUT2D eigenvalue weighted by molar-refractivity contribution is -0.115. The van der Waals surface area contributed by atoms with Gasteiger partial charge in [0.15, 0.2) is 0 Å². The van der Waals surface area contributed by atoms with Crippen LogP contribution >= 0.6 is 11.8 Å². The second-order valence-corrected chi connectivity index (χ2v) is 9.89. The summed E-state index contributed by atoms with van der Waals surface area (Å²) in [6, 6.07) is 31.0. The molecule has 4 rings (SSSR count). The van der Waals surface area contributed by atoms with Gasteiger partial charge in [-0.1, -0.05) is 79.2 Å². The van der Waals surface area contributed by atoms with Gasteiger partial charge in [0.25, 0.3) is 5.91 Å². The number of hydrogen-bond acceptors (Lipinski definition) is 3. The highest BCUT2D eigenvalue weighted by atomic mass is 32.2. The standard InChI is InChI=1S/C31H30N2O2S/c1-4-23-15-9-12-22(3)28(23)33-31(35)29(24-13-6-5-7-14-24)36-27-18-10-17-26(20-27)32-30(34)25-16-8-11-21(2)19-25/h5-20,29H,4H2,1-3H3,(H,32,34)(H,33,35). The van der Waals surface area contributed by atoms with Crippen molar-refractivity contribution in [3.8, 4) is 0 Å². The molecule has 1 atom stereocenters. The average molecular weight is 495 g/mol. The fourth-order valence-electron chi connectivity index (χ4n) is 4.06. The van der Waals surface area contributed by atoms with Gasteiger partial charge in [-0.3, -0.25) is 9.59 Å². The molecule has 4 nitrogen and oxygen atoms in total. The molecule has 1 unspecified atom stereocenters. The van der Waals surface area contributed by atoms with E-state index in [1.165, 1.54) is 11.8 Å². The Labute approximate surface area is 217 Å². The summed E-state index contributed by atoms with van der Waals surface area (Å²) < 4.78 is 0. The maximum atomic E-state index is 13.6. The first kappa shape index (κ1) is 25.3. The van der Waals surface area contributed by atoms with Gasteiger partial charge in [-0.05, 0) is 67.3 Å². The Balaban J connectivity index is 1.58. The van der Waals surface area contributed by atoms with Gasteiger partial charge in [0.2, 0.25) is 5.91 Å². The number of carbonyl (C=O) groups is 2. The number of benzene rings is 4. The molecule has 36 heavy (non-hydrogen) atoms. The van der Waals surface area contributed by atoms with Crippen LogP contribution in [0.3, 0.4) is 0 Å². The normalized spacial score (nSPS) is 11.5. The Morgan fingerprint density at radius 2 is 1.56 bits per heavy atom. The molecule has 4 aromatic rings. The summed E-state index contributed by atoms with van der Waals surface area (Å²) in [6.45, 7) is 6.06. The first-order valence-corrected chi connectivity index (χ1v) is 12.9. The lowest BCUT2D eigenvalue weighted by Crippen LogP contribution is -2.20. The number of carbonyl (C=O) groups excluding carboxylic acids is 2. The molecule has 0 saturated carbocycles. The Morgan fingerprint density at radius 1 is 0.806 bits per heavy atom. The fourth-order valence-corrected chi connectivity index (χ4v) is 5.15. The average Bonchev–Trinajstić information content (AvgIpc) is 2.89. The van der Waals surface area contributed by atoms with Crippen molar-refractivity contribution in [2.75, 3.05) is 10.6 Å². The maximum Gasteiger partial charge on any atom is 0.255 e. The third kappa shape index (κ3) is 6.23. The lowest BCUT2D eigenvalue weighted by Gasteiger charge is -2.20. The van der Waals surface area contributed by atoms with E-state index in [9.17, 15) is 9.59 Å². The van der Waals surface area contributed by atoms with Crippen LogP contribution in [-0.2, 0) is 11.2 Å². The lowest BCUT2D eigenvalue weighted by atomic mass is 10.1. The Hall–Kier alpha value is -3.83. The van der Waals surface area contributed by atoms with Crippen LogP contribution in [0.25, 0.3) is 0 Å². The smallest absolute Gasteiger partial charge is 0.255 e. The van der Waals surface area contributed by atoms with E-state index in [0.29, 0.717) is 11.3 Å². The summed E-state index contributed by atoms with van der Waals surface area (Å²) in [7, 11) is 0. The van der Waals surface area contributed by atoms with Gasteiger partial charge in [-0.2, -0.15) is 0 Å². The third-order valence-electron chi connectivity index (χ3n) is 5.95. The maximum absolute atomic E-state index is 13.6. The molecular formula is C31H30N2O2S. The molecule has 0 radical (unpaired) electrons. The van der Waals surface area contributed by atoms with E-state index in [1.807, 2.05) is 105 Å². The van der Waals surface area contributed by atoms with Crippen molar-refractivity contribution in [2.45, 2.75) is 37.3 Å². The Bertz CT molecular complexity index is 1370. The first-order valence-electron chi connectivity index (χ1n) is 12.0. The molecule has 4 aromatic carbocycles. The van der Waals surface area contributed by atoms with Crippen LogP contribution in [0.4, 0.5) is 11.4 Å². The summed E-state index contributed by atoms with van der Waals surface area (Å²) in [5.41, 5.74) is 6.28. The van der Waals surface area contributed by atoms with Crippen LogP contribution in [-0.4, -0.2) is 11.8 Å². The van der Waals surface area contributed by atoms with E-state index in [2.05, 4.69) is 17.6 Å². The number of thioether (sulfide) groups is 1. The van der Waals surface area contributed by atoms with Crippen LogP contribution in [0.5, 0.6) is 0 Å². The molecule has 0 saturated heterocycles. The van der Waals surface area contributed by atoms with Crippen LogP contribution in [0.2, 0.25) is 0 Å². The molecule has 2 amide bonds. The quantitative estimate of drug-likeness (QED) is 0.248. The number of anilines is 2. The van der Waals surface area contributed by atoms with Crippen LogP contribution in [0.15, 0.2) is 102 Å². The summed E-state index contributed by atoms with van der Waals surface area (Å²) in [5, 5.41) is 5.71. The number of rotatable bonds is 8. The largest absolute Gasteiger partial charge is 0.324 e. The minimum absolute atomic E-state index is 0.0793. The van der Waals surface area contributed by atoms with Crippen molar-refractivity contribution in [1.82, 2.24) is 0 Å². The van der Waals surface area contributed by atoms with Crippen molar-refractivity contribution < 1.29 is 9.59 Å². The molecule has 182 valence electrons. The summed E-state index contributed by atoms with van der Waals surface area (Å²) in [4.78, 5) is 27.2. The minimum Gasteiger partial charge on any atom is -0.324 e. The molecule has 0 aliphatic heterocycles. The van der Waals surface area contributed by atoms with E-state index in [-0.39, 0.29) is 11.8 Å². The highest BCUT2D eigenvalue weighted by Gasteiger charge is 2.23. The summed E-state index contributed by atoms with van der Waals surface area (Å²) in [6.07, 6.45) is 0.836. The zero-order valence-electron chi connectivity index (χ0n) is 20.7. The molecule has 0 heterocycles. The van der Waals surface area contributed by atoms with Gasteiger partial charge in [-0.15, -0.1) is 11.8 Å². The predicted octanol–water partition coefficient (Wildman–Crippen LogP) is 7.59. The number of amides is 2. The highest BCUT2D eigenvalue weighted by Crippen LogP contribution is 2.38. The molecule has 0 fully saturated rings. The Morgan fingerprint density at radius 3 is 2.31 bits per heavy atom. The predicted molar refractivity (Wildman–Crippen MR) is 150 cm³/mol. The molecule has 2 N–H and O–H groups in total. The highest BCUT2D eigenvalue weighted by molar-refractivity contribution is 8.00. The number of hydrogen-bond donors (Lipinski definition) is 2. The SMILES string of the molecule is CCc1cccc(C)c1NC(=O)C(Sc1cccc(NC(=O)c2cccc(C)c2)c1)c1ccccc1. The van der Waals surface area contributed by atoms with Gasteiger partial charge < -0.3 is 10.6 Å². The van der Waals surface area contributed by atoms with Gasteiger partial charge in [0.05, 0.1) is 0 Å². The molecule has 0 aliphatic rings. The molecule has 0 aromatic heterocycles. The van der Waals surface area contributed by atoms with E-state index in [0.717, 1.165) is 39.3 Å². The third-order valence-corrected chi connectivity index (χ3v) is 7.20. The monoisotopic (exact) mass is 494 g/mol. The number of aryl methyl sites for hydroxylation is 3. The van der Waals surface area contributed by atoms with Crippen molar-refractivity contribution >= 4 is 35.0 Å². The zero-order chi connectivity index (χ0) is 25.5. The number of nitrogens with one attached hydrogen (secondary N) is 2. The van der Waals surface area contributed by atoms with Crippen LogP contribution in [0.1, 0.15) is 44.8 Å². The van der Waals surface area contributed by atoms with Gasteiger partial charge in [0, 0.05) is 21.8 Å². The van der Waals surface area contributed by atoms with Gasteiger partial charge in [0.1, 0.15) is 5.25 Å². The zero-order valence-corrected chi connectivity index (χ0v) is 21.6. The van der Waals surface area contributed by atoms with Crippen molar-refractivity contribution in [3.63, 3.8) is 0 Å². The molecule has 5 heteroatoms. The molecular weight excluding hydrogens is 464 g/mol. The van der Waals surface area contributed by atoms with E-state index >= 15 is 0 Å². The van der Waals surface area contributed by atoms with Gasteiger partial charge >= 0.3 is 0 Å². The summed E-state index contributed by atoms with van der Waals surface area (Å²) in [5.74, 6) is -0.241. The topological polar surface area (TPSA) is 58.2 Å². The minimum atomic E-state index is -0.460. The summed E-state index contributed by atoms with van der Waals surface area (Å²) >= 11 is 1.46. The van der Waals surface area contributed by atoms with Crippen molar-refractivity contribution in [2.24, 2.45) is 0 Å². The van der Waals surface area contributed by atoms with Gasteiger partial charge in [-0.25, -0.2) is 0 Å². The Kier molecular flexibility index (Phi) is 8.24. The van der Waals surface area contributed by atoms with Crippen LogP contribution < -0.4 is 10.6 Å². The van der Waals surface area contributed by atoms with Crippen LogP contribution in [0, 0.1) is 13.8 Å². The second kappa shape index (κ2) is 11.7. The van der Waals surface area contributed by atoms with Crippen molar-refractivity contribution in [3.05, 3.63) is 125 Å². The first-order chi connectivity index (χ1) is 17.4. The second-order valence-electron chi connectivity index (χ2n) is 8.71. The fraction of sp³-hybridized carbons (Fsp3) is 0.161. The molecule has 0 aliphatic carbocycles. The molecule has 0 bridgehead atoms.